The third-order valence-corrected chi connectivity index (χ3v) is 3.92. The van der Waals surface area contributed by atoms with E-state index in [1.165, 1.54) is 24.9 Å². The summed E-state index contributed by atoms with van der Waals surface area (Å²) in [6, 6.07) is 9.42. The molecule has 0 aromatic heterocycles. The maximum atomic E-state index is 6.02. The monoisotopic (exact) mass is 282 g/mol. The maximum Gasteiger partial charge on any atom is 0.0320 e. The van der Waals surface area contributed by atoms with Crippen LogP contribution in [0.1, 0.15) is 31.4 Å². The SMILES string of the molecule is CC(c1ccc(Br)cc1)N1CCCC(N)C1. The second kappa shape index (κ2) is 5.30. The van der Waals surface area contributed by atoms with E-state index in [4.69, 9.17) is 5.73 Å². The maximum absolute atomic E-state index is 6.02. The molecule has 16 heavy (non-hydrogen) atoms. The van der Waals surface area contributed by atoms with E-state index >= 15 is 0 Å². The van der Waals surface area contributed by atoms with E-state index in [1.54, 1.807) is 0 Å². The smallest absolute Gasteiger partial charge is 0.0320 e. The molecule has 2 N–H and O–H groups in total. The summed E-state index contributed by atoms with van der Waals surface area (Å²) in [5, 5.41) is 0. The van der Waals surface area contributed by atoms with E-state index in [-0.39, 0.29) is 0 Å². The van der Waals surface area contributed by atoms with Gasteiger partial charge < -0.3 is 5.73 Å². The molecule has 2 unspecified atom stereocenters. The predicted molar refractivity (Wildman–Crippen MR) is 71.3 cm³/mol. The van der Waals surface area contributed by atoms with Crippen molar-refractivity contribution in [3.63, 3.8) is 0 Å². The lowest BCUT2D eigenvalue weighted by Crippen LogP contribution is -2.43. The standard InChI is InChI=1S/C13H19BrN2/c1-10(11-4-6-12(14)7-5-11)16-8-2-3-13(15)9-16/h4-7,10,13H,2-3,8-9,15H2,1H3. The zero-order chi connectivity index (χ0) is 11.5. The molecule has 0 bridgehead atoms. The second-order valence-electron chi connectivity index (χ2n) is 4.62. The van der Waals surface area contributed by atoms with Gasteiger partial charge in [0.25, 0.3) is 0 Å². The zero-order valence-electron chi connectivity index (χ0n) is 9.70. The fourth-order valence-corrected chi connectivity index (χ4v) is 2.61. The summed E-state index contributed by atoms with van der Waals surface area (Å²) >= 11 is 3.47. The van der Waals surface area contributed by atoms with E-state index in [1.807, 2.05) is 0 Å². The highest BCUT2D eigenvalue weighted by atomic mass is 79.9. The molecule has 0 amide bonds. The summed E-state index contributed by atoms with van der Waals surface area (Å²) in [6.07, 6.45) is 2.39. The molecule has 0 radical (unpaired) electrons. The molecule has 0 aliphatic carbocycles. The quantitative estimate of drug-likeness (QED) is 0.904. The first-order valence-electron chi connectivity index (χ1n) is 5.92. The topological polar surface area (TPSA) is 29.3 Å². The fraction of sp³-hybridized carbons (Fsp3) is 0.538. The number of benzene rings is 1. The van der Waals surface area contributed by atoms with Crippen LogP contribution in [0.2, 0.25) is 0 Å². The Morgan fingerprint density at radius 3 is 2.69 bits per heavy atom. The molecule has 2 nitrogen and oxygen atoms in total. The molecule has 0 spiro atoms. The average Bonchev–Trinajstić information content (AvgIpc) is 2.29. The van der Waals surface area contributed by atoms with Crippen molar-refractivity contribution >= 4 is 15.9 Å². The number of piperidine rings is 1. The van der Waals surface area contributed by atoms with Gasteiger partial charge in [-0.25, -0.2) is 0 Å². The van der Waals surface area contributed by atoms with Crippen molar-refractivity contribution in [3.8, 4) is 0 Å². The van der Waals surface area contributed by atoms with Crippen molar-refractivity contribution in [2.24, 2.45) is 5.73 Å². The summed E-state index contributed by atoms with van der Waals surface area (Å²) < 4.78 is 1.14. The molecule has 1 aliphatic heterocycles. The minimum absolute atomic E-state index is 0.353. The van der Waals surface area contributed by atoms with Crippen molar-refractivity contribution in [1.82, 2.24) is 4.90 Å². The van der Waals surface area contributed by atoms with Crippen molar-refractivity contribution in [3.05, 3.63) is 34.3 Å². The normalized spacial score (nSPS) is 24.3. The van der Waals surface area contributed by atoms with Crippen LogP contribution in [0, 0.1) is 0 Å². The van der Waals surface area contributed by atoms with Gasteiger partial charge in [0, 0.05) is 23.1 Å². The van der Waals surface area contributed by atoms with Gasteiger partial charge in [0.1, 0.15) is 0 Å². The van der Waals surface area contributed by atoms with Crippen molar-refractivity contribution in [2.75, 3.05) is 13.1 Å². The highest BCUT2D eigenvalue weighted by molar-refractivity contribution is 9.10. The first kappa shape index (κ1) is 12.1. The lowest BCUT2D eigenvalue weighted by molar-refractivity contribution is 0.159. The Morgan fingerprint density at radius 1 is 1.38 bits per heavy atom. The van der Waals surface area contributed by atoms with Crippen molar-refractivity contribution in [2.45, 2.75) is 31.8 Å². The summed E-state index contributed by atoms with van der Waals surface area (Å²) in [4.78, 5) is 2.48. The lowest BCUT2D eigenvalue weighted by Gasteiger charge is -2.35. The minimum atomic E-state index is 0.353. The van der Waals surface area contributed by atoms with Gasteiger partial charge in [0.15, 0.2) is 0 Å². The Hall–Kier alpha value is -0.380. The molecule has 1 aromatic rings. The van der Waals surface area contributed by atoms with Crippen LogP contribution in [-0.2, 0) is 0 Å². The molecular weight excluding hydrogens is 264 g/mol. The van der Waals surface area contributed by atoms with E-state index in [9.17, 15) is 0 Å². The van der Waals surface area contributed by atoms with Gasteiger partial charge in [-0.1, -0.05) is 28.1 Å². The van der Waals surface area contributed by atoms with Gasteiger partial charge in [-0.2, -0.15) is 0 Å². The van der Waals surface area contributed by atoms with Crippen LogP contribution >= 0.6 is 15.9 Å². The number of hydrogen-bond acceptors (Lipinski definition) is 2. The number of rotatable bonds is 2. The van der Waals surface area contributed by atoms with Gasteiger partial charge in [-0.15, -0.1) is 0 Å². The van der Waals surface area contributed by atoms with Gasteiger partial charge in [-0.3, -0.25) is 4.90 Å². The molecule has 1 aromatic carbocycles. The Morgan fingerprint density at radius 2 is 2.06 bits per heavy atom. The summed E-state index contributed by atoms with van der Waals surface area (Å²) in [5.74, 6) is 0. The first-order chi connectivity index (χ1) is 7.66. The third-order valence-electron chi connectivity index (χ3n) is 3.39. The number of likely N-dealkylation sites (tertiary alicyclic amines) is 1. The molecule has 88 valence electrons. The summed E-state index contributed by atoms with van der Waals surface area (Å²) in [6.45, 7) is 4.46. The van der Waals surface area contributed by atoms with Crippen LogP contribution in [0.15, 0.2) is 28.7 Å². The van der Waals surface area contributed by atoms with Gasteiger partial charge in [-0.05, 0) is 44.0 Å². The van der Waals surface area contributed by atoms with Crippen LogP contribution in [0.5, 0.6) is 0 Å². The Balaban J connectivity index is 2.06. The summed E-state index contributed by atoms with van der Waals surface area (Å²) in [7, 11) is 0. The van der Waals surface area contributed by atoms with Crippen LogP contribution in [0.4, 0.5) is 0 Å². The van der Waals surface area contributed by atoms with Crippen LogP contribution in [-0.4, -0.2) is 24.0 Å². The van der Waals surface area contributed by atoms with Crippen LogP contribution in [0.25, 0.3) is 0 Å². The molecule has 1 fully saturated rings. The minimum Gasteiger partial charge on any atom is -0.327 e. The number of nitrogens with two attached hydrogens (primary N) is 1. The molecule has 1 heterocycles. The van der Waals surface area contributed by atoms with E-state index in [2.05, 4.69) is 52.0 Å². The lowest BCUT2D eigenvalue weighted by atomic mass is 10.0. The Bertz CT molecular complexity index is 336. The van der Waals surface area contributed by atoms with Crippen molar-refractivity contribution < 1.29 is 0 Å². The molecule has 0 saturated carbocycles. The molecule has 3 heteroatoms. The number of nitrogens with zero attached hydrogens (tertiary/aromatic N) is 1. The molecule has 2 atom stereocenters. The van der Waals surface area contributed by atoms with E-state index in [0.29, 0.717) is 12.1 Å². The Labute approximate surface area is 106 Å². The van der Waals surface area contributed by atoms with Crippen LogP contribution < -0.4 is 5.73 Å². The number of hydrogen-bond donors (Lipinski definition) is 1. The first-order valence-corrected chi connectivity index (χ1v) is 6.71. The highest BCUT2D eigenvalue weighted by Crippen LogP contribution is 2.24. The van der Waals surface area contributed by atoms with Gasteiger partial charge in [0.05, 0.1) is 0 Å². The van der Waals surface area contributed by atoms with Gasteiger partial charge >= 0.3 is 0 Å². The van der Waals surface area contributed by atoms with E-state index < -0.39 is 0 Å². The molecular formula is C13H19BrN2. The average molecular weight is 283 g/mol. The number of halogens is 1. The third kappa shape index (κ3) is 2.84. The highest BCUT2D eigenvalue weighted by Gasteiger charge is 2.21. The van der Waals surface area contributed by atoms with E-state index in [0.717, 1.165) is 11.0 Å². The summed E-state index contributed by atoms with van der Waals surface area (Å²) in [5.41, 5.74) is 7.39. The molecule has 1 saturated heterocycles. The second-order valence-corrected chi connectivity index (χ2v) is 5.54. The Kier molecular flexibility index (Phi) is 4.00. The molecule has 2 rings (SSSR count). The van der Waals surface area contributed by atoms with Crippen LogP contribution in [0.3, 0.4) is 0 Å². The fourth-order valence-electron chi connectivity index (χ4n) is 2.34. The predicted octanol–water partition coefficient (Wildman–Crippen LogP) is 2.93. The van der Waals surface area contributed by atoms with Crippen molar-refractivity contribution in [1.29, 1.82) is 0 Å². The largest absolute Gasteiger partial charge is 0.327 e. The molecule has 1 aliphatic rings. The zero-order valence-corrected chi connectivity index (χ0v) is 11.3. The van der Waals surface area contributed by atoms with Gasteiger partial charge in [0.2, 0.25) is 0 Å².